The number of benzene rings is 2. The van der Waals surface area contributed by atoms with Crippen LogP contribution in [-0.2, 0) is 15.9 Å². The molecule has 2 aromatic carbocycles. The largest absolute Gasteiger partial charge is 0.465 e. The van der Waals surface area contributed by atoms with Crippen LogP contribution in [0.3, 0.4) is 0 Å². The van der Waals surface area contributed by atoms with Crippen LogP contribution in [0.2, 0.25) is 0 Å². The lowest BCUT2D eigenvalue weighted by Gasteiger charge is -2.08. The predicted octanol–water partition coefficient (Wildman–Crippen LogP) is 4.44. The lowest BCUT2D eigenvalue weighted by Crippen LogP contribution is -2.19. The number of rotatable bonds is 7. The maximum atomic E-state index is 13.5. The van der Waals surface area contributed by atoms with Gasteiger partial charge in [0.15, 0.2) is 0 Å². The molecule has 9 nitrogen and oxygen atoms in total. The number of fused-ring (bicyclic) bond motifs is 1. The number of nitrogens with zero attached hydrogens (tertiary/aromatic N) is 3. The number of ether oxygens (including phenoxy) is 2. The standard InChI is InChI=1S/C25H24N4O5S/c1-5-8-18-21(22(30)29(28-18)25-27-17-9-6-7-10-20(17)35-25)14(2)26-19-13-15(23(31)33-3)11-12-16(19)24(32)34-4/h6-7,9-13,28H,5,8H2,1-4H3. The molecule has 0 saturated carbocycles. The fourth-order valence-electron chi connectivity index (χ4n) is 3.77. The minimum Gasteiger partial charge on any atom is -0.465 e. The van der Waals surface area contributed by atoms with Gasteiger partial charge in [0, 0.05) is 5.69 Å². The number of hydrogen-bond acceptors (Lipinski definition) is 8. The molecule has 0 spiro atoms. The smallest absolute Gasteiger partial charge is 0.340 e. The number of nitrogens with one attached hydrogen (secondary N) is 1. The van der Waals surface area contributed by atoms with E-state index in [-0.39, 0.29) is 22.4 Å². The van der Waals surface area contributed by atoms with Crippen LogP contribution in [-0.4, -0.2) is 46.6 Å². The Hall–Kier alpha value is -4.05. The second-order valence-corrected chi connectivity index (χ2v) is 8.74. The Morgan fingerprint density at radius 1 is 1.11 bits per heavy atom. The van der Waals surface area contributed by atoms with Gasteiger partial charge in [0.05, 0.1) is 52.5 Å². The van der Waals surface area contributed by atoms with Gasteiger partial charge < -0.3 is 9.47 Å². The van der Waals surface area contributed by atoms with E-state index in [9.17, 15) is 14.4 Å². The Morgan fingerprint density at radius 2 is 1.86 bits per heavy atom. The van der Waals surface area contributed by atoms with E-state index in [2.05, 4.69) is 15.1 Å². The van der Waals surface area contributed by atoms with E-state index in [0.29, 0.717) is 28.5 Å². The van der Waals surface area contributed by atoms with Crippen LogP contribution in [0.25, 0.3) is 15.3 Å². The van der Waals surface area contributed by atoms with Crippen molar-refractivity contribution in [3.63, 3.8) is 0 Å². The molecule has 0 radical (unpaired) electrons. The monoisotopic (exact) mass is 492 g/mol. The highest BCUT2D eigenvalue weighted by Gasteiger charge is 2.21. The highest BCUT2D eigenvalue weighted by molar-refractivity contribution is 7.20. The second-order valence-electron chi connectivity index (χ2n) is 7.73. The summed E-state index contributed by atoms with van der Waals surface area (Å²) in [6, 6.07) is 12.0. The van der Waals surface area contributed by atoms with Crippen molar-refractivity contribution in [3.8, 4) is 5.13 Å². The molecule has 0 fully saturated rings. The first kappa shape index (κ1) is 24.1. The van der Waals surface area contributed by atoms with Crippen molar-refractivity contribution in [2.24, 2.45) is 4.99 Å². The summed E-state index contributed by atoms with van der Waals surface area (Å²) in [7, 11) is 2.53. The topological polar surface area (TPSA) is 116 Å². The van der Waals surface area contributed by atoms with E-state index in [1.807, 2.05) is 31.2 Å². The third kappa shape index (κ3) is 4.65. The van der Waals surface area contributed by atoms with Crippen LogP contribution in [0.5, 0.6) is 0 Å². The summed E-state index contributed by atoms with van der Waals surface area (Å²) in [6.07, 6.45) is 1.41. The summed E-state index contributed by atoms with van der Waals surface area (Å²) in [5.41, 5.74) is 2.60. The molecule has 0 atom stereocenters. The zero-order valence-corrected chi connectivity index (χ0v) is 20.6. The first-order valence-electron chi connectivity index (χ1n) is 10.9. The van der Waals surface area contributed by atoms with Crippen molar-refractivity contribution in [1.29, 1.82) is 0 Å². The molecular formula is C25H24N4O5S. The number of aryl methyl sites for hydroxylation is 1. The van der Waals surface area contributed by atoms with E-state index < -0.39 is 11.9 Å². The Kier molecular flexibility index (Phi) is 6.92. The SMILES string of the molecule is CCCc1[nH]n(-c2nc3ccccc3s2)c(=O)c1C(C)=Nc1cc(C(=O)OC)ccc1C(=O)OC. The van der Waals surface area contributed by atoms with Crippen molar-refractivity contribution in [1.82, 2.24) is 14.8 Å². The molecule has 2 aromatic heterocycles. The van der Waals surface area contributed by atoms with Gasteiger partial charge in [-0.05, 0) is 43.7 Å². The molecule has 0 aliphatic rings. The second kappa shape index (κ2) is 10.1. The highest BCUT2D eigenvalue weighted by Crippen LogP contribution is 2.26. The molecule has 180 valence electrons. The first-order chi connectivity index (χ1) is 16.9. The van der Waals surface area contributed by atoms with Crippen LogP contribution < -0.4 is 5.56 Å². The first-order valence-corrected chi connectivity index (χ1v) is 11.8. The zero-order chi connectivity index (χ0) is 25.1. The summed E-state index contributed by atoms with van der Waals surface area (Å²) in [5, 5.41) is 3.71. The third-order valence-electron chi connectivity index (χ3n) is 5.41. The molecule has 0 amide bonds. The van der Waals surface area contributed by atoms with E-state index in [0.717, 1.165) is 16.6 Å². The third-order valence-corrected chi connectivity index (χ3v) is 6.44. The average molecular weight is 493 g/mol. The summed E-state index contributed by atoms with van der Waals surface area (Å²) >= 11 is 1.41. The summed E-state index contributed by atoms with van der Waals surface area (Å²) in [4.78, 5) is 47.1. The summed E-state index contributed by atoms with van der Waals surface area (Å²) in [6.45, 7) is 3.71. The van der Waals surface area contributed by atoms with Gasteiger partial charge in [-0.1, -0.05) is 36.8 Å². The van der Waals surface area contributed by atoms with Gasteiger partial charge in [-0.3, -0.25) is 14.9 Å². The number of esters is 2. The van der Waals surface area contributed by atoms with Crippen molar-refractivity contribution < 1.29 is 19.1 Å². The minimum absolute atomic E-state index is 0.165. The molecule has 2 heterocycles. The Bertz CT molecular complexity index is 1480. The van der Waals surface area contributed by atoms with Crippen LogP contribution in [0.4, 0.5) is 5.69 Å². The number of thiazole rings is 1. The van der Waals surface area contributed by atoms with Gasteiger partial charge in [0.25, 0.3) is 5.56 Å². The average Bonchev–Trinajstić information content (AvgIpc) is 3.43. The van der Waals surface area contributed by atoms with Crippen LogP contribution in [0.15, 0.2) is 52.3 Å². The van der Waals surface area contributed by atoms with Crippen molar-refractivity contribution in [2.45, 2.75) is 26.7 Å². The molecule has 1 N–H and O–H groups in total. The van der Waals surface area contributed by atoms with Crippen LogP contribution >= 0.6 is 11.3 Å². The van der Waals surface area contributed by atoms with E-state index in [4.69, 9.17) is 9.47 Å². The Labute approximate surface area is 205 Å². The molecule has 10 heteroatoms. The number of H-pyrrole nitrogens is 1. The van der Waals surface area contributed by atoms with Crippen molar-refractivity contribution in [2.75, 3.05) is 14.2 Å². The minimum atomic E-state index is -0.609. The van der Waals surface area contributed by atoms with Gasteiger partial charge in [0.1, 0.15) is 0 Å². The number of aliphatic imine (C=N–C) groups is 1. The molecule has 0 unspecified atom stereocenters. The number of aromatic amines is 1. The van der Waals surface area contributed by atoms with Gasteiger partial charge >= 0.3 is 11.9 Å². The van der Waals surface area contributed by atoms with Crippen LogP contribution in [0.1, 0.15) is 52.2 Å². The van der Waals surface area contributed by atoms with Crippen LogP contribution in [0, 0.1) is 0 Å². The molecule has 0 bridgehead atoms. The molecule has 0 saturated heterocycles. The van der Waals surface area contributed by atoms with Crippen molar-refractivity contribution in [3.05, 3.63) is 75.2 Å². The summed E-state index contributed by atoms with van der Waals surface area (Å²) in [5.74, 6) is -1.18. The maximum Gasteiger partial charge on any atom is 0.340 e. The number of carbonyl (C=O) groups is 2. The number of carbonyl (C=O) groups excluding carboxylic acids is 2. The lowest BCUT2D eigenvalue weighted by atomic mass is 10.1. The van der Waals surface area contributed by atoms with E-state index in [1.54, 1.807) is 6.92 Å². The number of hydrogen-bond donors (Lipinski definition) is 1. The Morgan fingerprint density at radius 3 is 2.54 bits per heavy atom. The predicted molar refractivity (Wildman–Crippen MR) is 135 cm³/mol. The van der Waals surface area contributed by atoms with Gasteiger partial charge in [-0.15, -0.1) is 0 Å². The Balaban J connectivity index is 1.87. The highest BCUT2D eigenvalue weighted by atomic mass is 32.1. The number of aromatic nitrogens is 3. The number of para-hydroxylation sites is 1. The molecule has 4 rings (SSSR count). The molecule has 4 aromatic rings. The fraction of sp³-hybridized carbons (Fsp3) is 0.240. The van der Waals surface area contributed by atoms with E-state index in [1.165, 1.54) is 48.4 Å². The van der Waals surface area contributed by atoms with Crippen molar-refractivity contribution >= 4 is 44.9 Å². The maximum absolute atomic E-state index is 13.5. The molecular weight excluding hydrogens is 468 g/mol. The summed E-state index contributed by atoms with van der Waals surface area (Å²) < 4.78 is 12.0. The van der Waals surface area contributed by atoms with E-state index >= 15 is 0 Å². The normalized spacial score (nSPS) is 11.6. The van der Waals surface area contributed by atoms with Gasteiger partial charge in [-0.25, -0.2) is 14.6 Å². The molecule has 0 aliphatic carbocycles. The van der Waals surface area contributed by atoms with Gasteiger partial charge in [0.2, 0.25) is 5.13 Å². The lowest BCUT2D eigenvalue weighted by molar-refractivity contribution is 0.0587. The fourth-order valence-corrected chi connectivity index (χ4v) is 4.69. The van der Waals surface area contributed by atoms with Gasteiger partial charge in [-0.2, -0.15) is 4.68 Å². The molecule has 35 heavy (non-hydrogen) atoms. The zero-order valence-electron chi connectivity index (χ0n) is 19.7. The molecule has 0 aliphatic heterocycles. The quantitative estimate of drug-likeness (QED) is 0.301. The number of methoxy groups -OCH3 is 2.